The highest BCUT2D eigenvalue weighted by Gasteiger charge is 2.10. The molecule has 0 aliphatic rings. The van der Waals surface area contributed by atoms with Crippen molar-refractivity contribution in [3.63, 3.8) is 0 Å². The Labute approximate surface area is 135 Å². The van der Waals surface area contributed by atoms with Crippen LogP contribution in [0.5, 0.6) is 5.75 Å². The standard InChI is InChI=1S/C18H18N2OS/c1-13-4-6-14(7-5-13)17-12-20(18(19-17)22-3)15-8-10-16(21-2)11-9-15/h4-12H,1-3H3. The second kappa shape index (κ2) is 6.28. The van der Waals surface area contributed by atoms with Gasteiger partial charge in [0, 0.05) is 17.4 Å². The van der Waals surface area contributed by atoms with Gasteiger partial charge in [-0.05, 0) is 37.4 Å². The van der Waals surface area contributed by atoms with Gasteiger partial charge >= 0.3 is 0 Å². The zero-order chi connectivity index (χ0) is 15.5. The molecule has 2 aromatic carbocycles. The van der Waals surface area contributed by atoms with Crippen molar-refractivity contribution in [1.82, 2.24) is 9.55 Å². The summed E-state index contributed by atoms with van der Waals surface area (Å²) in [4.78, 5) is 4.74. The first-order chi connectivity index (χ1) is 10.7. The third-order valence-electron chi connectivity index (χ3n) is 3.55. The van der Waals surface area contributed by atoms with Crippen LogP contribution in [0.25, 0.3) is 16.9 Å². The molecule has 4 heteroatoms. The molecule has 0 aliphatic carbocycles. The Bertz CT molecular complexity index is 761. The molecule has 3 rings (SSSR count). The summed E-state index contributed by atoms with van der Waals surface area (Å²) in [5.74, 6) is 0.855. The number of benzene rings is 2. The van der Waals surface area contributed by atoms with Gasteiger partial charge in [-0.3, -0.25) is 4.57 Å². The molecule has 3 nitrogen and oxygen atoms in total. The number of nitrogens with zero attached hydrogens (tertiary/aromatic N) is 2. The summed E-state index contributed by atoms with van der Waals surface area (Å²) < 4.78 is 7.33. The number of hydrogen-bond donors (Lipinski definition) is 0. The molecule has 1 heterocycles. The minimum absolute atomic E-state index is 0.855. The van der Waals surface area contributed by atoms with Gasteiger partial charge in [-0.1, -0.05) is 41.6 Å². The Balaban J connectivity index is 2.02. The summed E-state index contributed by atoms with van der Waals surface area (Å²) >= 11 is 1.64. The van der Waals surface area contributed by atoms with Crippen molar-refractivity contribution in [3.8, 4) is 22.7 Å². The molecule has 0 N–H and O–H groups in total. The van der Waals surface area contributed by atoms with Gasteiger partial charge in [-0.2, -0.15) is 0 Å². The molecule has 0 aliphatic heterocycles. The molecule has 0 radical (unpaired) electrons. The lowest BCUT2D eigenvalue weighted by atomic mass is 10.1. The second-order valence-corrected chi connectivity index (χ2v) is 5.82. The summed E-state index contributed by atoms with van der Waals surface area (Å²) in [6.07, 6.45) is 4.12. The van der Waals surface area contributed by atoms with Gasteiger partial charge in [0.15, 0.2) is 5.16 Å². The third kappa shape index (κ3) is 2.88. The van der Waals surface area contributed by atoms with Crippen molar-refractivity contribution in [2.45, 2.75) is 12.1 Å². The predicted octanol–water partition coefficient (Wildman–Crippen LogP) is 4.58. The molecule has 0 saturated carbocycles. The van der Waals surface area contributed by atoms with E-state index in [1.54, 1.807) is 18.9 Å². The van der Waals surface area contributed by atoms with Crippen LogP contribution < -0.4 is 4.74 Å². The van der Waals surface area contributed by atoms with Crippen LogP contribution in [0.15, 0.2) is 59.9 Å². The minimum atomic E-state index is 0.855. The maximum atomic E-state index is 5.22. The van der Waals surface area contributed by atoms with Crippen LogP contribution in [-0.4, -0.2) is 22.9 Å². The largest absolute Gasteiger partial charge is 0.497 e. The summed E-state index contributed by atoms with van der Waals surface area (Å²) in [5, 5.41) is 0.973. The molecular weight excluding hydrogens is 292 g/mol. The Morgan fingerprint density at radius 2 is 1.68 bits per heavy atom. The summed E-state index contributed by atoms with van der Waals surface area (Å²) in [5.41, 5.74) is 4.45. The fourth-order valence-corrected chi connectivity index (χ4v) is 2.84. The quantitative estimate of drug-likeness (QED) is 0.660. The zero-order valence-corrected chi connectivity index (χ0v) is 13.7. The Kier molecular flexibility index (Phi) is 4.20. The van der Waals surface area contributed by atoms with Crippen molar-refractivity contribution in [2.75, 3.05) is 13.4 Å². The molecule has 0 fully saturated rings. The number of rotatable bonds is 4. The Hall–Kier alpha value is -2.20. The van der Waals surface area contributed by atoms with Gasteiger partial charge < -0.3 is 4.74 Å². The monoisotopic (exact) mass is 310 g/mol. The number of aryl methyl sites for hydroxylation is 1. The van der Waals surface area contributed by atoms with Crippen molar-refractivity contribution in [2.24, 2.45) is 0 Å². The predicted molar refractivity (Wildman–Crippen MR) is 92.1 cm³/mol. The van der Waals surface area contributed by atoms with Crippen LogP contribution in [0.3, 0.4) is 0 Å². The molecular formula is C18H18N2OS. The summed E-state index contributed by atoms with van der Waals surface area (Å²) in [6, 6.07) is 16.5. The SMILES string of the molecule is COc1ccc(-n2cc(-c3ccc(C)cc3)nc2SC)cc1. The minimum Gasteiger partial charge on any atom is -0.497 e. The molecule has 22 heavy (non-hydrogen) atoms. The Morgan fingerprint density at radius 1 is 1.00 bits per heavy atom. The topological polar surface area (TPSA) is 27.1 Å². The van der Waals surface area contributed by atoms with Crippen LogP contribution in [-0.2, 0) is 0 Å². The first-order valence-electron chi connectivity index (χ1n) is 7.06. The van der Waals surface area contributed by atoms with Crippen molar-refractivity contribution >= 4 is 11.8 Å². The van der Waals surface area contributed by atoms with Crippen LogP contribution >= 0.6 is 11.8 Å². The highest BCUT2D eigenvalue weighted by molar-refractivity contribution is 7.98. The Morgan fingerprint density at radius 3 is 2.27 bits per heavy atom. The van der Waals surface area contributed by atoms with Gasteiger partial charge in [0.25, 0.3) is 0 Å². The van der Waals surface area contributed by atoms with E-state index in [0.29, 0.717) is 0 Å². The van der Waals surface area contributed by atoms with Crippen molar-refractivity contribution in [3.05, 3.63) is 60.3 Å². The fourth-order valence-electron chi connectivity index (χ4n) is 2.30. The first-order valence-corrected chi connectivity index (χ1v) is 8.28. The van der Waals surface area contributed by atoms with Gasteiger partial charge in [-0.15, -0.1) is 0 Å². The molecule has 112 valence electrons. The number of thioether (sulfide) groups is 1. The number of methoxy groups -OCH3 is 1. The van der Waals surface area contributed by atoms with Crippen LogP contribution in [0, 0.1) is 6.92 Å². The normalized spacial score (nSPS) is 10.7. The lowest BCUT2D eigenvalue weighted by molar-refractivity contribution is 0.414. The van der Waals surface area contributed by atoms with E-state index in [-0.39, 0.29) is 0 Å². The lowest BCUT2D eigenvalue weighted by Crippen LogP contribution is -1.94. The maximum absolute atomic E-state index is 5.22. The molecule has 0 atom stereocenters. The average molecular weight is 310 g/mol. The van der Waals surface area contributed by atoms with Gasteiger partial charge in [0.2, 0.25) is 0 Å². The van der Waals surface area contributed by atoms with Crippen molar-refractivity contribution < 1.29 is 4.74 Å². The maximum Gasteiger partial charge on any atom is 0.172 e. The molecule has 0 spiro atoms. The molecule has 3 aromatic rings. The molecule has 0 amide bonds. The average Bonchev–Trinajstić information content (AvgIpc) is 3.00. The molecule has 0 saturated heterocycles. The molecule has 1 aromatic heterocycles. The van der Waals surface area contributed by atoms with Crippen LogP contribution in [0.2, 0.25) is 0 Å². The van der Waals surface area contributed by atoms with Crippen molar-refractivity contribution in [1.29, 1.82) is 0 Å². The van der Waals surface area contributed by atoms with E-state index in [9.17, 15) is 0 Å². The lowest BCUT2D eigenvalue weighted by Gasteiger charge is -2.06. The van der Waals surface area contributed by atoms with E-state index in [1.165, 1.54) is 5.56 Å². The second-order valence-electron chi connectivity index (χ2n) is 5.05. The first kappa shape index (κ1) is 14.7. The van der Waals surface area contributed by atoms with Gasteiger partial charge in [0.1, 0.15) is 5.75 Å². The highest BCUT2D eigenvalue weighted by Crippen LogP contribution is 2.27. The molecule has 0 unspecified atom stereocenters. The van der Waals surface area contributed by atoms with E-state index in [2.05, 4.69) is 42.0 Å². The van der Waals surface area contributed by atoms with Gasteiger partial charge in [0.05, 0.1) is 12.8 Å². The smallest absolute Gasteiger partial charge is 0.172 e. The third-order valence-corrected chi connectivity index (χ3v) is 4.21. The highest BCUT2D eigenvalue weighted by atomic mass is 32.2. The number of ether oxygens (including phenoxy) is 1. The van der Waals surface area contributed by atoms with Crippen LogP contribution in [0.1, 0.15) is 5.56 Å². The number of hydrogen-bond acceptors (Lipinski definition) is 3. The van der Waals surface area contributed by atoms with Crippen LogP contribution in [0.4, 0.5) is 0 Å². The number of aromatic nitrogens is 2. The van der Waals surface area contributed by atoms with E-state index in [4.69, 9.17) is 9.72 Å². The van der Waals surface area contributed by atoms with E-state index >= 15 is 0 Å². The zero-order valence-electron chi connectivity index (χ0n) is 12.9. The van der Waals surface area contributed by atoms with E-state index in [0.717, 1.165) is 27.9 Å². The fraction of sp³-hybridized carbons (Fsp3) is 0.167. The summed E-state index contributed by atoms with van der Waals surface area (Å²) in [6.45, 7) is 2.09. The molecule has 0 bridgehead atoms. The van der Waals surface area contributed by atoms with Gasteiger partial charge in [-0.25, -0.2) is 4.98 Å². The van der Waals surface area contributed by atoms with E-state index < -0.39 is 0 Å². The summed E-state index contributed by atoms with van der Waals surface area (Å²) in [7, 11) is 1.68. The van der Waals surface area contributed by atoms with E-state index in [1.807, 2.05) is 30.5 Å². The number of imidazole rings is 1.